The minimum atomic E-state index is -0.470. The van der Waals surface area contributed by atoms with E-state index in [-0.39, 0.29) is 24.0 Å². The Morgan fingerprint density at radius 3 is 2.56 bits per heavy atom. The van der Waals surface area contributed by atoms with E-state index in [0.717, 1.165) is 15.8 Å². The quantitative estimate of drug-likeness (QED) is 0.435. The van der Waals surface area contributed by atoms with Crippen molar-refractivity contribution in [3.8, 4) is 0 Å². The fourth-order valence-corrected chi connectivity index (χ4v) is 3.90. The van der Waals surface area contributed by atoms with Crippen LogP contribution in [0.3, 0.4) is 0 Å². The zero-order valence-electron chi connectivity index (χ0n) is 15.0. The first-order valence-corrected chi connectivity index (χ1v) is 9.87. The van der Waals surface area contributed by atoms with Crippen LogP contribution in [0.2, 0.25) is 0 Å². The molecule has 0 spiro atoms. The van der Waals surface area contributed by atoms with Crippen LogP contribution in [0.25, 0.3) is 10.2 Å². The van der Waals surface area contributed by atoms with Crippen molar-refractivity contribution in [2.75, 3.05) is 0 Å². The molecule has 0 unspecified atom stereocenters. The van der Waals surface area contributed by atoms with E-state index in [1.807, 2.05) is 0 Å². The molecular formula is C19H17BrN2O4S. The van der Waals surface area contributed by atoms with Gasteiger partial charge in [-0.05, 0) is 38.5 Å². The van der Waals surface area contributed by atoms with Crippen molar-refractivity contribution in [3.05, 3.63) is 61.4 Å². The highest BCUT2D eigenvalue weighted by Gasteiger charge is 2.21. The lowest BCUT2D eigenvalue weighted by atomic mass is 10.1. The van der Waals surface area contributed by atoms with Crippen LogP contribution in [0, 0.1) is 6.92 Å². The first-order chi connectivity index (χ1) is 12.8. The fourth-order valence-electron chi connectivity index (χ4n) is 2.62. The van der Waals surface area contributed by atoms with E-state index in [1.165, 1.54) is 10.9 Å². The molecule has 0 fully saturated rings. The lowest BCUT2D eigenvalue weighted by molar-refractivity contribution is 0.0383. The van der Waals surface area contributed by atoms with Crippen LogP contribution in [0.1, 0.15) is 39.4 Å². The monoisotopic (exact) mass is 448 g/mol. The summed E-state index contributed by atoms with van der Waals surface area (Å²) in [4.78, 5) is 42.6. The number of benzene rings is 1. The van der Waals surface area contributed by atoms with Gasteiger partial charge in [0.05, 0.1) is 24.4 Å². The third kappa shape index (κ3) is 4.01. The molecule has 8 heteroatoms. The molecule has 0 saturated carbocycles. The van der Waals surface area contributed by atoms with Gasteiger partial charge in [-0.25, -0.2) is 9.78 Å². The number of rotatable bonds is 5. The molecule has 0 radical (unpaired) electrons. The van der Waals surface area contributed by atoms with Crippen LogP contribution in [0.4, 0.5) is 0 Å². The molecule has 0 bridgehead atoms. The molecule has 0 aliphatic carbocycles. The van der Waals surface area contributed by atoms with E-state index >= 15 is 0 Å². The van der Waals surface area contributed by atoms with Crippen LogP contribution in [-0.4, -0.2) is 27.4 Å². The Balaban J connectivity index is 1.96. The van der Waals surface area contributed by atoms with Gasteiger partial charge < -0.3 is 4.74 Å². The number of Topliss-reactive ketones (excluding diaryl/α,β-unsaturated/α-hetero) is 1. The molecule has 2 aromatic heterocycles. The molecule has 0 aliphatic heterocycles. The number of carbonyl (C=O) groups is 2. The molecular weight excluding hydrogens is 432 g/mol. The minimum Gasteiger partial charge on any atom is -0.459 e. The third-order valence-corrected chi connectivity index (χ3v) is 5.63. The highest BCUT2D eigenvalue weighted by atomic mass is 79.9. The van der Waals surface area contributed by atoms with Crippen molar-refractivity contribution in [1.82, 2.24) is 9.55 Å². The zero-order chi connectivity index (χ0) is 19.7. The maximum atomic E-state index is 12.8. The summed E-state index contributed by atoms with van der Waals surface area (Å²) in [5.41, 5.74) is 0.694. The van der Waals surface area contributed by atoms with E-state index in [2.05, 4.69) is 20.9 Å². The molecule has 6 nitrogen and oxygen atoms in total. The molecule has 0 saturated heterocycles. The van der Waals surface area contributed by atoms with Gasteiger partial charge in [-0.2, -0.15) is 0 Å². The zero-order valence-corrected chi connectivity index (χ0v) is 17.4. The van der Waals surface area contributed by atoms with Gasteiger partial charge >= 0.3 is 5.97 Å². The Hall–Kier alpha value is -2.32. The van der Waals surface area contributed by atoms with Crippen LogP contribution < -0.4 is 5.56 Å². The largest absolute Gasteiger partial charge is 0.459 e. The molecule has 0 amide bonds. The molecule has 1 aromatic carbocycles. The fraction of sp³-hybridized carbons (Fsp3) is 0.263. The molecule has 0 aliphatic rings. The summed E-state index contributed by atoms with van der Waals surface area (Å²) in [6, 6.07) is 6.93. The number of thiophene rings is 1. The molecule has 140 valence electrons. The number of nitrogens with zero attached hydrogens (tertiary/aromatic N) is 2. The second kappa shape index (κ2) is 7.74. The second-order valence-electron chi connectivity index (χ2n) is 6.30. The molecule has 3 aromatic rings. The summed E-state index contributed by atoms with van der Waals surface area (Å²) in [7, 11) is 0. The van der Waals surface area contributed by atoms with E-state index in [0.29, 0.717) is 26.2 Å². The molecule has 2 heterocycles. The van der Waals surface area contributed by atoms with E-state index in [9.17, 15) is 14.4 Å². The summed E-state index contributed by atoms with van der Waals surface area (Å²) in [6.07, 6.45) is 1.09. The lowest BCUT2D eigenvalue weighted by Crippen LogP contribution is -2.24. The first kappa shape index (κ1) is 19.4. The average molecular weight is 449 g/mol. The number of ketones is 1. The van der Waals surface area contributed by atoms with Crippen LogP contribution in [-0.2, 0) is 11.3 Å². The van der Waals surface area contributed by atoms with Gasteiger partial charge in [-0.1, -0.05) is 28.1 Å². The van der Waals surface area contributed by atoms with Crippen LogP contribution >= 0.6 is 27.3 Å². The maximum Gasteiger partial charge on any atom is 0.348 e. The van der Waals surface area contributed by atoms with Crippen LogP contribution in [0.5, 0.6) is 0 Å². The number of esters is 1. The van der Waals surface area contributed by atoms with E-state index in [4.69, 9.17) is 4.74 Å². The summed E-state index contributed by atoms with van der Waals surface area (Å²) in [6.45, 7) is 5.10. The van der Waals surface area contributed by atoms with Crippen molar-refractivity contribution < 1.29 is 14.3 Å². The highest BCUT2D eigenvalue weighted by Crippen LogP contribution is 2.27. The van der Waals surface area contributed by atoms with Gasteiger partial charge in [0, 0.05) is 10.0 Å². The average Bonchev–Trinajstić information content (AvgIpc) is 2.95. The minimum absolute atomic E-state index is 0.121. The Bertz CT molecular complexity index is 1080. The summed E-state index contributed by atoms with van der Waals surface area (Å²) < 4.78 is 7.36. The highest BCUT2D eigenvalue weighted by molar-refractivity contribution is 9.10. The number of aryl methyl sites for hydroxylation is 1. The number of carbonyl (C=O) groups excluding carboxylic acids is 2. The summed E-state index contributed by atoms with van der Waals surface area (Å²) in [5.74, 6) is -0.666. The van der Waals surface area contributed by atoms with Gasteiger partial charge in [0.25, 0.3) is 5.56 Å². The predicted molar refractivity (Wildman–Crippen MR) is 108 cm³/mol. The van der Waals surface area contributed by atoms with Crippen molar-refractivity contribution in [1.29, 1.82) is 0 Å². The molecule has 27 heavy (non-hydrogen) atoms. The predicted octanol–water partition coefficient (Wildman–Crippen LogP) is 3.98. The Labute approximate surface area is 167 Å². The lowest BCUT2D eigenvalue weighted by Gasteiger charge is -2.06. The Kier molecular flexibility index (Phi) is 5.57. The SMILES string of the molecule is Cc1c(C(=O)OC(C)C)sc2ncn(CC(=O)c3ccc(Br)cc3)c(=O)c12. The van der Waals surface area contributed by atoms with Crippen molar-refractivity contribution >= 4 is 49.2 Å². The maximum absolute atomic E-state index is 12.8. The topological polar surface area (TPSA) is 78.3 Å². The van der Waals surface area contributed by atoms with Gasteiger partial charge in [-0.15, -0.1) is 11.3 Å². The van der Waals surface area contributed by atoms with Gasteiger partial charge in [0.2, 0.25) is 0 Å². The first-order valence-electron chi connectivity index (χ1n) is 8.26. The smallest absolute Gasteiger partial charge is 0.348 e. The van der Waals surface area contributed by atoms with Crippen molar-refractivity contribution in [2.24, 2.45) is 0 Å². The van der Waals surface area contributed by atoms with Crippen molar-refractivity contribution in [3.63, 3.8) is 0 Å². The third-order valence-electron chi connectivity index (χ3n) is 3.93. The number of ether oxygens (including phenoxy) is 1. The standard InChI is InChI=1S/C19H17BrN2O4S/c1-10(2)26-19(25)16-11(3)15-17(27-16)21-9-22(18(15)24)8-14(23)12-4-6-13(20)7-5-12/h4-7,9-10H,8H2,1-3H3. The van der Waals surface area contributed by atoms with Gasteiger partial charge in [0.15, 0.2) is 5.78 Å². The van der Waals surface area contributed by atoms with E-state index in [1.54, 1.807) is 45.0 Å². The van der Waals surface area contributed by atoms with Gasteiger partial charge in [-0.3, -0.25) is 14.2 Å². The molecule has 3 rings (SSSR count). The van der Waals surface area contributed by atoms with Crippen molar-refractivity contribution in [2.45, 2.75) is 33.4 Å². The van der Waals surface area contributed by atoms with Crippen LogP contribution in [0.15, 0.2) is 39.9 Å². The Morgan fingerprint density at radius 1 is 1.26 bits per heavy atom. The summed E-state index contributed by atoms with van der Waals surface area (Å²) in [5, 5.41) is 0.349. The van der Waals surface area contributed by atoms with E-state index < -0.39 is 5.97 Å². The number of hydrogen-bond donors (Lipinski definition) is 0. The normalized spacial score (nSPS) is 11.1. The Morgan fingerprint density at radius 2 is 1.93 bits per heavy atom. The molecule has 0 atom stereocenters. The number of aromatic nitrogens is 2. The van der Waals surface area contributed by atoms with Gasteiger partial charge in [0.1, 0.15) is 9.71 Å². The number of halogens is 1. The molecule has 0 N–H and O–H groups in total. The number of fused-ring (bicyclic) bond motifs is 1. The summed E-state index contributed by atoms with van der Waals surface area (Å²) >= 11 is 4.45. The second-order valence-corrected chi connectivity index (χ2v) is 8.21. The number of hydrogen-bond acceptors (Lipinski definition) is 6.